The second-order valence-electron chi connectivity index (χ2n) is 9.67. The predicted octanol–water partition coefficient (Wildman–Crippen LogP) is 3.97. The monoisotopic (exact) mass is 481 g/mol. The quantitative estimate of drug-likeness (QED) is 0.550. The molecule has 3 aromatic rings. The lowest BCUT2D eigenvalue weighted by Gasteiger charge is -2.35. The highest BCUT2D eigenvalue weighted by molar-refractivity contribution is 5.60. The zero-order chi connectivity index (χ0) is 24.5. The van der Waals surface area contributed by atoms with Crippen LogP contribution in [0.15, 0.2) is 30.7 Å². The highest BCUT2D eigenvalue weighted by Crippen LogP contribution is 2.33. The molecule has 7 nitrogen and oxygen atoms in total. The number of nitrogens with two attached hydrogens (primary N) is 1. The van der Waals surface area contributed by atoms with Gasteiger partial charge in [-0.25, -0.2) is 23.7 Å². The van der Waals surface area contributed by atoms with E-state index in [4.69, 9.17) is 10.7 Å². The summed E-state index contributed by atoms with van der Waals surface area (Å²) in [5, 5.41) is 0. The minimum atomic E-state index is -0.705. The van der Waals surface area contributed by atoms with Crippen molar-refractivity contribution in [2.75, 3.05) is 43.4 Å². The molecule has 2 fully saturated rings. The molecule has 0 atom stereocenters. The second-order valence-corrected chi connectivity index (χ2v) is 9.67. The van der Waals surface area contributed by atoms with Crippen LogP contribution < -0.4 is 10.6 Å². The minimum absolute atomic E-state index is 0.212. The van der Waals surface area contributed by atoms with Gasteiger partial charge in [0.15, 0.2) is 0 Å². The number of nitrogens with zero attached hydrogens (tertiary/aromatic N) is 6. The van der Waals surface area contributed by atoms with Crippen LogP contribution in [0.5, 0.6) is 0 Å². The van der Waals surface area contributed by atoms with Gasteiger partial charge in [-0.2, -0.15) is 0 Å². The molecule has 0 amide bonds. The Bertz CT molecular complexity index is 1180. The summed E-state index contributed by atoms with van der Waals surface area (Å²) in [5.74, 6) is 2.63. The van der Waals surface area contributed by atoms with Crippen LogP contribution in [0.1, 0.15) is 42.6 Å². The molecule has 4 heterocycles. The number of nitrogen functional groups attached to an aromatic ring is 1. The number of aryl methyl sites for hydroxylation is 1. The Morgan fingerprint density at radius 1 is 1.11 bits per heavy atom. The fourth-order valence-corrected chi connectivity index (χ4v) is 5.19. The van der Waals surface area contributed by atoms with E-state index in [2.05, 4.69) is 37.5 Å². The molecule has 0 radical (unpaired) electrons. The summed E-state index contributed by atoms with van der Waals surface area (Å²) in [6.45, 7) is 8.15. The van der Waals surface area contributed by atoms with Gasteiger partial charge in [0.05, 0.1) is 5.69 Å². The molecule has 35 heavy (non-hydrogen) atoms. The zero-order valence-corrected chi connectivity index (χ0v) is 20.4. The minimum Gasteiger partial charge on any atom is -0.383 e. The van der Waals surface area contributed by atoms with Gasteiger partial charge in [-0.1, -0.05) is 6.92 Å². The first-order valence-electron chi connectivity index (χ1n) is 12.5. The van der Waals surface area contributed by atoms with Gasteiger partial charge in [-0.3, -0.25) is 4.90 Å². The number of hydrogen-bond acceptors (Lipinski definition) is 6. The van der Waals surface area contributed by atoms with Crippen molar-refractivity contribution in [2.24, 2.45) is 0 Å². The van der Waals surface area contributed by atoms with E-state index in [0.717, 1.165) is 73.9 Å². The van der Waals surface area contributed by atoms with E-state index >= 15 is 0 Å². The number of rotatable bonds is 7. The van der Waals surface area contributed by atoms with Crippen LogP contribution in [0.3, 0.4) is 0 Å². The molecule has 5 rings (SSSR count). The van der Waals surface area contributed by atoms with Gasteiger partial charge >= 0.3 is 0 Å². The number of halogens is 2. The fraction of sp³-hybridized carbons (Fsp3) is 0.500. The first-order valence-corrected chi connectivity index (χ1v) is 12.5. The number of imidazole rings is 1. The van der Waals surface area contributed by atoms with E-state index in [1.54, 1.807) is 13.0 Å². The van der Waals surface area contributed by atoms with Gasteiger partial charge in [0.1, 0.15) is 35.8 Å². The van der Waals surface area contributed by atoms with Crippen molar-refractivity contribution in [3.8, 4) is 11.3 Å². The van der Waals surface area contributed by atoms with Gasteiger partial charge in [-0.05, 0) is 49.9 Å². The Labute approximate surface area is 205 Å². The summed E-state index contributed by atoms with van der Waals surface area (Å²) in [6, 6.07) is 5.14. The number of benzene rings is 1. The van der Waals surface area contributed by atoms with E-state index in [-0.39, 0.29) is 5.82 Å². The van der Waals surface area contributed by atoms with Crippen molar-refractivity contribution < 1.29 is 8.78 Å². The molecule has 0 saturated carbocycles. The fourth-order valence-electron chi connectivity index (χ4n) is 5.19. The third kappa shape index (κ3) is 4.87. The van der Waals surface area contributed by atoms with Crippen LogP contribution in [-0.4, -0.2) is 63.3 Å². The van der Waals surface area contributed by atoms with Crippen LogP contribution in [0.4, 0.5) is 20.4 Å². The van der Waals surface area contributed by atoms with Crippen molar-refractivity contribution >= 4 is 11.6 Å². The molecule has 0 bridgehead atoms. The van der Waals surface area contributed by atoms with E-state index in [1.165, 1.54) is 12.4 Å². The van der Waals surface area contributed by atoms with Gasteiger partial charge in [0.25, 0.3) is 0 Å². The maximum Gasteiger partial charge on any atom is 0.137 e. The molecular weight excluding hydrogens is 448 g/mol. The lowest BCUT2D eigenvalue weighted by molar-refractivity contribution is 0.0625. The third-order valence-electron chi connectivity index (χ3n) is 7.30. The van der Waals surface area contributed by atoms with E-state index < -0.39 is 6.17 Å². The second kappa shape index (κ2) is 9.89. The maximum atomic E-state index is 13.8. The number of anilines is 2. The van der Waals surface area contributed by atoms with Crippen molar-refractivity contribution in [1.82, 2.24) is 24.4 Å². The number of hydrogen-bond donors (Lipinski definition) is 1. The highest BCUT2D eigenvalue weighted by Gasteiger charge is 2.29. The normalized spacial score (nSPS) is 17.7. The molecule has 2 aliphatic heterocycles. The van der Waals surface area contributed by atoms with Gasteiger partial charge in [-0.15, -0.1) is 0 Å². The molecule has 0 spiro atoms. The average molecular weight is 482 g/mol. The average Bonchev–Trinajstić information content (AvgIpc) is 3.27. The molecule has 186 valence electrons. The van der Waals surface area contributed by atoms with Crippen molar-refractivity contribution in [1.29, 1.82) is 0 Å². The smallest absolute Gasteiger partial charge is 0.137 e. The third-order valence-corrected chi connectivity index (χ3v) is 7.30. The summed E-state index contributed by atoms with van der Waals surface area (Å²) >= 11 is 0. The van der Waals surface area contributed by atoms with Crippen molar-refractivity contribution in [2.45, 2.75) is 51.7 Å². The van der Waals surface area contributed by atoms with Crippen LogP contribution >= 0.6 is 0 Å². The standard InChI is InChI=1S/C26H33F2N7/c1-3-21-24(29)30-16-31-26(21)34-8-6-18(7-9-34)25-32-23(19-4-5-22(28)17(2)12-19)15-35(25)11-10-33-13-20(27)14-33/h4-5,12,15-16,18,20H,3,6-11,13-14H2,1-2H3,(H2,29,30,31). The summed E-state index contributed by atoms with van der Waals surface area (Å²) in [5.41, 5.74) is 9.48. The van der Waals surface area contributed by atoms with Crippen LogP contribution in [0, 0.1) is 12.7 Å². The van der Waals surface area contributed by atoms with Crippen molar-refractivity contribution in [3.63, 3.8) is 0 Å². The molecule has 0 unspecified atom stereocenters. The lowest BCUT2D eigenvalue weighted by atomic mass is 9.95. The topological polar surface area (TPSA) is 76.1 Å². The Morgan fingerprint density at radius 3 is 2.57 bits per heavy atom. The molecule has 1 aromatic carbocycles. The molecular formula is C26H33F2N7. The van der Waals surface area contributed by atoms with Crippen LogP contribution in [-0.2, 0) is 13.0 Å². The van der Waals surface area contributed by atoms with Crippen molar-refractivity contribution in [3.05, 3.63) is 53.5 Å². The Balaban J connectivity index is 1.36. The van der Waals surface area contributed by atoms with E-state index in [0.29, 0.717) is 30.4 Å². The van der Waals surface area contributed by atoms with E-state index in [1.807, 2.05) is 6.07 Å². The number of likely N-dealkylation sites (tertiary alicyclic amines) is 1. The predicted molar refractivity (Wildman–Crippen MR) is 134 cm³/mol. The molecule has 2 aromatic heterocycles. The lowest BCUT2D eigenvalue weighted by Crippen LogP contribution is -2.49. The zero-order valence-electron chi connectivity index (χ0n) is 20.4. The van der Waals surface area contributed by atoms with Crippen LogP contribution in [0.25, 0.3) is 11.3 Å². The molecule has 2 aliphatic rings. The Hall–Kier alpha value is -3.07. The number of aromatic nitrogens is 4. The molecule has 2 saturated heterocycles. The highest BCUT2D eigenvalue weighted by atomic mass is 19.1. The Kier molecular flexibility index (Phi) is 6.69. The van der Waals surface area contributed by atoms with Gasteiger partial charge in [0.2, 0.25) is 0 Å². The van der Waals surface area contributed by atoms with Crippen LogP contribution in [0.2, 0.25) is 0 Å². The van der Waals surface area contributed by atoms with E-state index in [9.17, 15) is 8.78 Å². The molecule has 2 N–H and O–H groups in total. The summed E-state index contributed by atoms with van der Waals surface area (Å²) < 4.78 is 29.4. The number of alkyl halides is 1. The molecule has 9 heteroatoms. The van der Waals surface area contributed by atoms with Gasteiger partial charge in [0, 0.05) is 62.5 Å². The largest absolute Gasteiger partial charge is 0.383 e. The number of piperidine rings is 1. The maximum absolute atomic E-state index is 13.8. The first-order chi connectivity index (χ1) is 16.9. The van der Waals surface area contributed by atoms with Gasteiger partial charge < -0.3 is 15.2 Å². The first kappa shape index (κ1) is 23.7. The summed E-state index contributed by atoms with van der Waals surface area (Å²) in [4.78, 5) is 18.1. The summed E-state index contributed by atoms with van der Waals surface area (Å²) in [6.07, 6.45) is 5.59. The Morgan fingerprint density at radius 2 is 1.89 bits per heavy atom. The SMILES string of the molecule is CCc1c(N)ncnc1N1CCC(c2nc(-c3ccc(F)c(C)c3)cn2CCN2CC(F)C2)CC1. The molecule has 0 aliphatic carbocycles. The summed E-state index contributed by atoms with van der Waals surface area (Å²) in [7, 11) is 0.